The molecule has 0 bridgehead atoms. The van der Waals surface area contributed by atoms with Crippen LogP contribution in [-0.4, -0.2) is 0 Å². The first-order chi connectivity index (χ1) is 4.84. The van der Waals surface area contributed by atoms with E-state index in [0.29, 0.717) is 5.56 Å². The van der Waals surface area contributed by atoms with Crippen LogP contribution in [0.4, 0.5) is 4.39 Å². The van der Waals surface area contributed by atoms with Crippen molar-refractivity contribution in [1.82, 2.24) is 0 Å². The quantitative estimate of drug-likeness (QED) is 0.556. The number of halogens is 1. The lowest BCUT2D eigenvalue weighted by molar-refractivity contribution is 0.625. The SMILES string of the molecule is C/C=C\c1ccccc1F. The normalized spacial score (nSPS) is 10.6. The van der Waals surface area contributed by atoms with Gasteiger partial charge in [0.25, 0.3) is 0 Å². The Morgan fingerprint density at radius 1 is 1.30 bits per heavy atom. The summed E-state index contributed by atoms with van der Waals surface area (Å²) in [6.07, 6.45) is 3.56. The fourth-order valence-corrected chi connectivity index (χ4v) is 0.790. The lowest BCUT2D eigenvalue weighted by atomic mass is 10.2. The molecule has 0 radical (unpaired) electrons. The van der Waals surface area contributed by atoms with Crippen molar-refractivity contribution in [2.45, 2.75) is 6.92 Å². The Labute approximate surface area is 60.0 Å². The highest BCUT2D eigenvalue weighted by atomic mass is 19.1. The van der Waals surface area contributed by atoms with E-state index >= 15 is 0 Å². The monoisotopic (exact) mass is 136 g/mol. The van der Waals surface area contributed by atoms with Gasteiger partial charge in [0.2, 0.25) is 0 Å². The molecule has 0 aliphatic carbocycles. The molecule has 0 N–H and O–H groups in total. The van der Waals surface area contributed by atoms with Crippen LogP contribution in [0.5, 0.6) is 0 Å². The van der Waals surface area contributed by atoms with Gasteiger partial charge in [-0.15, -0.1) is 0 Å². The summed E-state index contributed by atoms with van der Waals surface area (Å²) in [5.74, 6) is -0.166. The van der Waals surface area contributed by atoms with Gasteiger partial charge in [0, 0.05) is 5.56 Å². The summed E-state index contributed by atoms with van der Waals surface area (Å²) in [7, 11) is 0. The third-order valence-corrected chi connectivity index (χ3v) is 1.25. The molecule has 1 aromatic rings. The van der Waals surface area contributed by atoms with Crippen LogP contribution < -0.4 is 0 Å². The molecule has 0 heterocycles. The minimum absolute atomic E-state index is 0.166. The molecule has 0 aromatic heterocycles. The molecular formula is C9H9F. The Kier molecular flexibility index (Phi) is 2.21. The van der Waals surface area contributed by atoms with Crippen LogP contribution in [0.3, 0.4) is 0 Å². The van der Waals surface area contributed by atoms with E-state index in [1.165, 1.54) is 6.07 Å². The average Bonchev–Trinajstić information content (AvgIpc) is 1.94. The second-order valence-electron chi connectivity index (χ2n) is 2.02. The lowest BCUT2D eigenvalue weighted by Gasteiger charge is -1.92. The van der Waals surface area contributed by atoms with Crippen molar-refractivity contribution in [2.24, 2.45) is 0 Å². The summed E-state index contributed by atoms with van der Waals surface area (Å²) < 4.78 is 12.7. The van der Waals surface area contributed by atoms with Gasteiger partial charge in [0.15, 0.2) is 0 Å². The zero-order valence-electron chi connectivity index (χ0n) is 5.84. The molecule has 1 aromatic carbocycles. The summed E-state index contributed by atoms with van der Waals surface area (Å²) in [6, 6.07) is 6.70. The Balaban J connectivity index is 3.03. The van der Waals surface area contributed by atoms with Crippen molar-refractivity contribution in [3.63, 3.8) is 0 Å². The van der Waals surface area contributed by atoms with E-state index in [2.05, 4.69) is 0 Å². The van der Waals surface area contributed by atoms with Crippen molar-refractivity contribution >= 4 is 6.08 Å². The summed E-state index contributed by atoms with van der Waals surface area (Å²) in [5.41, 5.74) is 0.644. The molecule has 0 atom stereocenters. The first kappa shape index (κ1) is 7.00. The lowest BCUT2D eigenvalue weighted by Crippen LogP contribution is -1.77. The van der Waals surface area contributed by atoms with Crippen LogP contribution in [0.2, 0.25) is 0 Å². The van der Waals surface area contributed by atoms with Crippen LogP contribution in [0, 0.1) is 5.82 Å². The van der Waals surface area contributed by atoms with Crippen LogP contribution in [-0.2, 0) is 0 Å². The van der Waals surface area contributed by atoms with Gasteiger partial charge in [-0.3, -0.25) is 0 Å². The summed E-state index contributed by atoms with van der Waals surface area (Å²) in [6.45, 7) is 1.87. The molecule has 1 heteroatoms. The molecule has 0 amide bonds. The number of hydrogen-bond donors (Lipinski definition) is 0. The predicted molar refractivity (Wildman–Crippen MR) is 41.1 cm³/mol. The molecule has 52 valence electrons. The highest BCUT2D eigenvalue weighted by molar-refractivity contribution is 5.49. The maximum atomic E-state index is 12.7. The second-order valence-corrected chi connectivity index (χ2v) is 2.02. The number of rotatable bonds is 1. The van der Waals surface area contributed by atoms with Crippen LogP contribution in [0.25, 0.3) is 6.08 Å². The molecule has 0 aliphatic rings. The molecule has 0 saturated carbocycles. The summed E-state index contributed by atoms with van der Waals surface area (Å²) >= 11 is 0. The van der Waals surface area contributed by atoms with Crippen LogP contribution in [0.15, 0.2) is 30.3 Å². The van der Waals surface area contributed by atoms with Gasteiger partial charge in [0.05, 0.1) is 0 Å². The third-order valence-electron chi connectivity index (χ3n) is 1.25. The Bertz CT molecular complexity index is 238. The molecule has 10 heavy (non-hydrogen) atoms. The smallest absolute Gasteiger partial charge is 0.130 e. The first-order valence-corrected chi connectivity index (χ1v) is 3.22. The molecular weight excluding hydrogens is 127 g/mol. The van der Waals surface area contributed by atoms with E-state index in [9.17, 15) is 4.39 Å². The van der Waals surface area contributed by atoms with Gasteiger partial charge in [0.1, 0.15) is 5.82 Å². The molecule has 0 spiro atoms. The largest absolute Gasteiger partial charge is 0.206 e. The minimum atomic E-state index is -0.166. The molecule has 0 unspecified atom stereocenters. The maximum absolute atomic E-state index is 12.7. The zero-order valence-corrected chi connectivity index (χ0v) is 5.84. The predicted octanol–water partition coefficient (Wildman–Crippen LogP) is 2.86. The van der Waals surface area contributed by atoms with E-state index in [1.807, 2.05) is 19.1 Å². The third kappa shape index (κ3) is 1.44. The summed E-state index contributed by atoms with van der Waals surface area (Å²) in [5, 5.41) is 0. The zero-order chi connectivity index (χ0) is 7.40. The van der Waals surface area contributed by atoms with E-state index in [0.717, 1.165) is 0 Å². The van der Waals surface area contributed by atoms with Gasteiger partial charge >= 0.3 is 0 Å². The maximum Gasteiger partial charge on any atom is 0.130 e. The molecule has 0 aliphatic heterocycles. The average molecular weight is 136 g/mol. The van der Waals surface area contributed by atoms with Gasteiger partial charge in [-0.2, -0.15) is 0 Å². The van der Waals surface area contributed by atoms with E-state index < -0.39 is 0 Å². The van der Waals surface area contributed by atoms with Gasteiger partial charge < -0.3 is 0 Å². The van der Waals surface area contributed by atoms with Gasteiger partial charge in [-0.05, 0) is 13.0 Å². The van der Waals surface area contributed by atoms with Gasteiger partial charge in [-0.25, -0.2) is 4.39 Å². The summed E-state index contributed by atoms with van der Waals surface area (Å²) in [4.78, 5) is 0. The van der Waals surface area contributed by atoms with E-state index in [4.69, 9.17) is 0 Å². The second kappa shape index (κ2) is 3.16. The number of benzene rings is 1. The van der Waals surface area contributed by atoms with E-state index in [-0.39, 0.29) is 5.82 Å². The topological polar surface area (TPSA) is 0 Å². The molecule has 0 fully saturated rings. The van der Waals surface area contributed by atoms with Crippen LogP contribution >= 0.6 is 0 Å². The Morgan fingerprint density at radius 3 is 2.60 bits per heavy atom. The highest BCUT2D eigenvalue weighted by Gasteiger charge is 1.92. The number of hydrogen-bond acceptors (Lipinski definition) is 0. The molecule has 1 rings (SSSR count). The van der Waals surface area contributed by atoms with Crippen molar-refractivity contribution in [2.75, 3.05) is 0 Å². The Hall–Kier alpha value is -1.11. The van der Waals surface area contributed by atoms with E-state index in [1.54, 1.807) is 18.2 Å². The van der Waals surface area contributed by atoms with Crippen molar-refractivity contribution in [3.05, 3.63) is 41.7 Å². The minimum Gasteiger partial charge on any atom is -0.206 e. The first-order valence-electron chi connectivity index (χ1n) is 3.22. The standard InChI is InChI=1S/C9H9F/c1-2-5-8-6-3-4-7-9(8)10/h2-7H,1H3/b5-2-. The number of allylic oxidation sites excluding steroid dienone is 1. The molecule has 0 nitrogen and oxygen atoms in total. The fourth-order valence-electron chi connectivity index (χ4n) is 0.790. The van der Waals surface area contributed by atoms with Crippen LogP contribution in [0.1, 0.15) is 12.5 Å². The molecule has 0 saturated heterocycles. The van der Waals surface area contributed by atoms with Crippen molar-refractivity contribution < 1.29 is 4.39 Å². The van der Waals surface area contributed by atoms with Crippen molar-refractivity contribution in [3.8, 4) is 0 Å². The van der Waals surface area contributed by atoms with Crippen molar-refractivity contribution in [1.29, 1.82) is 0 Å². The fraction of sp³-hybridized carbons (Fsp3) is 0.111. The highest BCUT2D eigenvalue weighted by Crippen LogP contribution is 2.07. The Morgan fingerprint density at radius 2 is 2.00 bits per heavy atom. The van der Waals surface area contributed by atoms with Gasteiger partial charge in [-0.1, -0.05) is 30.4 Å².